The summed E-state index contributed by atoms with van der Waals surface area (Å²) < 4.78 is 32.9. The summed E-state index contributed by atoms with van der Waals surface area (Å²) in [5.41, 5.74) is 1.73. The van der Waals surface area contributed by atoms with Crippen molar-refractivity contribution in [1.29, 1.82) is 0 Å². The van der Waals surface area contributed by atoms with Crippen LogP contribution in [0.1, 0.15) is 22.5 Å². The van der Waals surface area contributed by atoms with Crippen LogP contribution in [-0.4, -0.2) is 33.1 Å². The van der Waals surface area contributed by atoms with E-state index in [2.05, 4.69) is 15.1 Å². The number of carbonyl (C=O) groups excluding carboxylic acids is 1. The first-order chi connectivity index (χ1) is 12.0. The molecule has 0 unspecified atom stereocenters. The minimum Gasteiger partial charge on any atom is -0.494 e. The fourth-order valence-electron chi connectivity index (χ4n) is 2.44. The fourth-order valence-corrected chi connectivity index (χ4v) is 2.44. The zero-order chi connectivity index (χ0) is 18.0. The van der Waals surface area contributed by atoms with Crippen molar-refractivity contribution in [3.05, 3.63) is 48.0 Å². The van der Waals surface area contributed by atoms with E-state index in [1.807, 2.05) is 0 Å². The summed E-state index contributed by atoms with van der Waals surface area (Å²) in [6.07, 6.45) is 2.24. The lowest BCUT2D eigenvalue weighted by Crippen LogP contribution is -1.99. The van der Waals surface area contributed by atoms with Gasteiger partial charge in [-0.3, -0.25) is 19.4 Å². The third kappa shape index (κ3) is 3.23. The van der Waals surface area contributed by atoms with Crippen molar-refractivity contribution in [3.63, 3.8) is 0 Å². The highest BCUT2D eigenvalue weighted by Gasteiger charge is 2.18. The van der Waals surface area contributed by atoms with Crippen molar-refractivity contribution in [2.24, 2.45) is 7.05 Å². The van der Waals surface area contributed by atoms with Crippen LogP contribution in [0, 0.1) is 0 Å². The number of hydrogen-bond acceptors (Lipinski definition) is 5. The molecule has 0 aliphatic heterocycles. The van der Waals surface area contributed by atoms with Gasteiger partial charge in [0.05, 0.1) is 19.0 Å². The van der Waals surface area contributed by atoms with Crippen LogP contribution in [-0.2, 0) is 7.05 Å². The molecular formula is C17H14F2N4O2. The number of aldehydes is 1. The normalized spacial score (nSPS) is 10.9. The van der Waals surface area contributed by atoms with E-state index in [0.717, 1.165) is 0 Å². The molecule has 0 aliphatic carbocycles. The van der Waals surface area contributed by atoms with Gasteiger partial charge in [-0.25, -0.2) is 8.78 Å². The summed E-state index contributed by atoms with van der Waals surface area (Å²) in [5.74, 6) is 0.283. The highest BCUT2D eigenvalue weighted by Crippen LogP contribution is 2.35. The molecule has 0 aliphatic rings. The Kier molecular flexibility index (Phi) is 4.51. The Morgan fingerprint density at radius 2 is 1.96 bits per heavy atom. The molecular weight excluding hydrogens is 330 g/mol. The fraction of sp³-hybridized carbons (Fsp3) is 0.176. The lowest BCUT2D eigenvalue weighted by atomic mass is 10.00. The first-order valence-corrected chi connectivity index (χ1v) is 7.31. The summed E-state index contributed by atoms with van der Waals surface area (Å²) in [7, 11) is 3.18. The van der Waals surface area contributed by atoms with Gasteiger partial charge in [0.15, 0.2) is 6.29 Å². The lowest BCUT2D eigenvalue weighted by Gasteiger charge is -2.12. The van der Waals surface area contributed by atoms with E-state index in [9.17, 15) is 13.6 Å². The second-order valence-corrected chi connectivity index (χ2v) is 5.26. The number of halogens is 2. The molecule has 3 aromatic rings. The van der Waals surface area contributed by atoms with Crippen molar-refractivity contribution in [2.75, 3.05) is 7.11 Å². The molecule has 0 saturated carbocycles. The van der Waals surface area contributed by atoms with Crippen LogP contribution >= 0.6 is 0 Å². The molecule has 3 heterocycles. The first-order valence-electron chi connectivity index (χ1n) is 7.31. The zero-order valence-electron chi connectivity index (χ0n) is 13.5. The lowest BCUT2D eigenvalue weighted by molar-refractivity contribution is 0.112. The average molecular weight is 344 g/mol. The number of hydrogen-bond donors (Lipinski definition) is 0. The smallest absolute Gasteiger partial charge is 0.280 e. The number of alkyl halides is 2. The van der Waals surface area contributed by atoms with Crippen molar-refractivity contribution in [1.82, 2.24) is 19.7 Å². The molecule has 0 N–H and O–H groups in total. The summed E-state index contributed by atoms with van der Waals surface area (Å²) in [6.45, 7) is 0. The van der Waals surface area contributed by atoms with Gasteiger partial charge >= 0.3 is 0 Å². The number of rotatable bonds is 5. The third-order valence-electron chi connectivity index (χ3n) is 3.66. The van der Waals surface area contributed by atoms with Crippen LogP contribution in [0.4, 0.5) is 8.78 Å². The van der Waals surface area contributed by atoms with Crippen LogP contribution in [0.5, 0.6) is 5.75 Å². The Bertz CT molecular complexity index is 925. The maximum Gasteiger partial charge on any atom is 0.280 e. The summed E-state index contributed by atoms with van der Waals surface area (Å²) >= 11 is 0. The van der Waals surface area contributed by atoms with E-state index in [1.54, 1.807) is 30.1 Å². The summed E-state index contributed by atoms with van der Waals surface area (Å²) in [6, 6.07) is 4.61. The summed E-state index contributed by atoms with van der Waals surface area (Å²) in [4.78, 5) is 19.3. The van der Waals surface area contributed by atoms with Gasteiger partial charge in [-0.05, 0) is 23.8 Å². The van der Waals surface area contributed by atoms with E-state index < -0.39 is 12.1 Å². The minimum atomic E-state index is -2.73. The number of aromatic nitrogens is 4. The molecule has 0 aromatic carbocycles. The molecule has 0 saturated heterocycles. The predicted molar refractivity (Wildman–Crippen MR) is 86.6 cm³/mol. The number of carbonyl (C=O) groups is 1. The summed E-state index contributed by atoms with van der Waals surface area (Å²) in [5, 5.41) is 4.26. The van der Waals surface area contributed by atoms with E-state index in [-0.39, 0.29) is 11.3 Å². The number of methoxy groups -OCH3 is 1. The van der Waals surface area contributed by atoms with Crippen molar-refractivity contribution < 1.29 is 18.3 Å². The predicted octanol–water partition coefficient (Wildman–Crippen LogP) is 3.30. The van der Waals surface area contributed by atoms with Crippen molar-refractivity contribution >= 4 is 6.29 Å². The molecule has 25 heavy (non-hydrogen) atoms. The second kappa shape index (κ2) is 6.76. The van der Waals surface area contributed by atoms with Crippen LogP contribution < -0.4 is 4.74 Å². The standard InChI is InChI=1S/C17H14F2N4O2/c1-23-4-3-13(22-23)14-5-11(10(9-24)7-20-14)12-6-15(17(18)19)21-8-16(12)25-2/h3-9,17H,1-2H3. The van der Waals surface area contributed by atoms with Gasteiger partial charge < -0.3 is 4.74 Å². The minimum absolute atomic E-state index is 0.254. The molecule has 6 nitrogen and oxygen atoms in total. The Hall–Kier alpha value is -3.16. The Morgan fingerprint density at radius 1 is 1.16 bits per heavy atom. The SMILES string of the molecule is COc1cnc(C(F)F)cc1-c1cc(-c2ccn(C)n2)ncc1C=O. The van der Waals surface area contributed by atoms with Crippen molar-refractivity contribution in [3.8, 4) is 28.3 Å². The van der Waals surface area contributed by atoms with Crippen LogP contribution in [0.3, 0.4) is 0 Å². The molecule has 0 amide bonds. The molecule has 0 fully saturated rings. The highest BCUT2D eigenvalue weighted by molar-refractivity contribution is 5.90. The van der Waals surface area contributed by atoms with E-state index >= 15 is 0 Å². The van der Waals surface area contributed by atoms with Crippen LogP contribution in [0.2, 0.25) is 0 Å². The monoisotopic (exact) mass is 344 g/mol. The molecule has 3 aromatic heterocycles. The topological polar surface area (TPSA) is 69.9 Å². The molecule has 0 radical (unpaired) electrons. The molecule has 3 rings (SSSR count). The Morgan fingerprint density at radius 3 is 2.56 bits per heavy atom. The number of aryl methyl sites for hydroxylation is 1. The average Bonchev–Trinajstić information content (AvgIpc) is 3.07. The molecule has 0 atom stereocenters. The van der Waals surface area contributed by atoms with E-state index in [1.165, 1.54) is 25.6 Å². The van der Waals surface area contributed by atoms with Crippen molar-refractivity contribution in [2.45, 2.75) is 6.43 Å². The Balaban J connectivity index is 2.21. The van der Waals surface area contributed by atoms with Crippen LogP contribution in [0.25, 0.3) is 22.5 Å². The van der Waals surface area contributed by atoms with Gasteiger partial charge in [-0.1, -0.05) is 0 Å². The van der Waals surface area contributed by atoms with E-state index in [0.29, 0.717) is 28.8 Å². The second-order valence-electron chi connectivity index (χ2n) is 5.26. The number of ether oxygens (including phenoxy) is 1. The quantitative estimate of drug-likeness (QED) is 0.664. The van der Waals surface area contributed by atoms with Gasteiger partial charge in [-0.15, -0.1) is 0 Å². The molecule has 0 bridgehead atoms. The highest BCUT2D eigenvalue weighted by atomic mass is 19.3. The van der Waals surface area contributed by atoms with Gasteiger partial charge in [0.2, 0.25) is 0 Å². The maximum atomic E-state index is 13.0. The van der Waals surface area contributed by atoms with Gasteiger partial charge in [-0.2, -0.15) is 5.10 Å². The van der Waals surface area contributed by atoms with Gasteiger partial charge in [0.25, 0.3) is 6.43 Å². The first kappa shape index (κ1) is 16.7. The van der Waals surface area contributed by atoms with E-state index in [4.69, 9.17) is 4.74 Å². The molecule has 128 valence electrons. The maximum absolute atomic E-state index is 13.0. The third-order valence-corrected chi connectivity index (χ3v) is 3.66. The van der Waals surface area contributed by atoms with Gasteiger partial charge in [0, 0.05) is 30.6 Å². The van der Waals surface area contributed by atoms with Gasteiger partial charge in [0.1, 0.15) is 17.1 Å². The molecule has 0 spiro atoms. The number of pyridine rings is 2. The Labute approximate surface area is 142 Å². The molecule has 8 heteroatoms. The van der Waals surface area contributed by atoms with Crippen LogP contribution in [0.15, 0.2) is 36.8 Å². The zero-order valence-corrected chi connectivity index (χ0v) is 13.5. The number of nitrogens with zero attached hydrogens (tertiary/aromatic N) is 4. The largest absolute Gasteiger partial charge is 0.494 e.